The molecule has 0 fully saturated rings. The summed E-state index contributed by atoms with van der Waals surface area (Å²) in [4.78, 5) is 0. The lowest BCUT2D eigenvalue weighted by Gasteiger charge is -2.29. The molecular formula is C34H36AlO8P2. The van der Waals surface area contributed by atoms with Gasteiger partial charge in [-0.15, -0.1) is 0 Å². The first-order valence-corrected chi connectivity index (χ1v) is 18.6. The zero-order valence-corrected chi connectivity index (χ0v) is 29.7. The molecule has 8 nitrogen and oxygen atoms in total. The van der Waals surface area contributed by atoms with Crippen molar-refractivity contribution in [3.05, 3.63) is 115 Å². The molecule has 0 aliphatic carbocycles. The Morgan fingerprint density at radius 2 is 0.711 bits per heavy atom. The number of aryl methyl sites for hydroxylation is 8. The van der Waals surface area contributed by atoms with Gasteiger partial charge in [-0.2, -0.15) is 0 Å². The van der Waals surface area contributed by atoms with Crippen LogP contribution in [0.15, 0.2) is 48.5 Å². The Bertz CT molecular complexity index is 1690. The first kappa shape index (κ1) is 32.0. The van der Waals surface area contributed by atoms with Crippen LogP contribution in [0.2, 0.25) is 0 Å². The maximum absolute atomic E-state index is 14.4. The van der Waals surface area contributed by atoms with Crippen molar-refractivity contribution in [2.75, 3.05) is 0 Å². The molecule has 233 valence electrons. The minimum Gasteiger partial charge on any atom is -0.396 e. The van der Waals surface area contributed by atoms with Gasteiger partial charge < -0.3 is 25.2 Å². The second kappa shape index (κ2) is 12.0. The Morgan fingerprint density at radius 1 is 0.467 bits per heavy atom. The Hall–Kier alpha value is -3.01. The van der Waals surface area contributed by atoms with Gasteiger partial charge in [0.15, 0.2) is 0 Å². The highest BCUT2D eigenvalue weighted by atomic mass is 31.2. The molecule has 45 heavy (non-hydrogen) atoms. The molecule has 2 aliphatic heterocycles. The Balaban J connectivity index is 1.35. The normalized spacial score (nSPS) is 15.9. The van der Waals surface area contributed by atoms with Crippen LogP contribution < -0.4 is 18.1 Å². The monoisotopic (exact) mass is 661 g/mol. The van der Waals surface area contributed by atoms with E-state index in [4.69, 9.17) is 25.2 Å². The number of hydrogen-bond donors (Lipinski definition) is 0. The minimum absolute atomic E-state index is 0.429. The summed E-state index contributed by atoms with van der Waals surface area (Å²) in [6.07, 6.45) is 1.07. The number of hydrogen-bond acceptors (Lipinski definition) is 8. The van der Waals surface area contributed by atoms with Gasteiger partial charge in [-0.1, -0.05) is 70.8 Å². The first-order valence-electron chi connectivity index (χ1n) is 14.8. The largest absolute Gasteiger partial charge is 0.689 e. The average Bonchev–Trinajstić information content (AvgIpc) is 2.91. The van der Waals surface area contributed by atoms with Gasteiger partial charge in [-0.25, -0.2) is 9.13 Å². The molecule has 0 N–H and O–H groups in total. The first-order chi connectivity index (χ1) is 21.2. The molecule has 0 aromatic heterocycles. The van der Waals surface area contributed by atoms with Crippen LogP contribution in [0.3, 0.4) is 0 Å². The molecule has 0 saturated heterocycles. The summed E-state index contributed by atoms with van der Waals surface area (Å²) in [5.74, 6) is 1.72. The van der Waals surface area contributed by atoms with E-state index in [2.05, 4.69) is 0 Å². The second-order valence-electron chi connectivity index (χ2n) is 12.2. The lowest BCUT2D eigenvalue weighted by Crippen LogP contribution is -2.17. The Morgan fingerprint density at radius 3 is 0.956 bits per heavy atom. The molecule has 0 amide bonds. The van der Waals surface area contributed by atoms with Gasteiger partial charge in [-0.3, -0.25) is 0 Å². The molecule has 4 aromatic rings. The van der Waals surface area contributed by atoms with Crippen molar-refractivity contribution in [3.8, 4) is 23.0 Å². The topological polar surface area (TPSA) is 89.5 Å². The van der Waals surface area contributed by atoms with Crippen molar-refractivity contribution in [1.82, 2.24) is 0 Å². The van der Waals surface area contributed by atoms with Gasteiger partial charge in [0.2, 0.25) is 0 Å². The maximum Gasteiger partial charge on any atom is 0.689 e. The van der Waals surface area contributed by atoms with E-state index in [0.29, 0.717) is 35.8 Å². The number of phosphoric ester groups is 2. The fourth-order valence-corrected chi connectivity index (χ4v) is 10.4. The lowest BCUT2D eigenvalue weighted by atomic mass is 9.96. The minimum atomic E-state index is -4.33. The maximum atomic E-state index is 14.4. The summed E-state index contributed by atoms with van der Waals surface area (Å²) in [5, 5.41) is 0. The van der Waals surface area contributed by atoms with Crippen LogP contribution in [0.1, 0.15) is 66.8 Å². The smallest absolute Gasteiger partial charge is 0.396 e. The van der Waals surface area contributed by atoms with Crippen molar-refractivity contribution >= 4 is 31.5 Å². The summed E-state index contributed by atoms with van der Waals surface area (Å²) < 4.78 is 64.7. The van der Waals surface area contributed by atoms with Crippen molar-refractivity contribution in [1.29, 1.82) is 0 Å². The van der Waals surface area contributed by atoms with Gasteiger partial charge in [0.25, 0.3) is 0 Å². The van der Waals surface area contributed by atoms with Gasteiger partial charge in [0.1, 0.15) is 23.0 Å². The third kappa shape index (κ3) is 6.63. The summed E-state index contributed by atoms with van der Waals surface area (Å²) in [6.45, 7) is 15.6. The molecule has 6 rings (SSSR count). The fourth-order valence-electron chi connectivity index (χ4n) is 6.32. The van der Waals surface area contributed by atoms with Crippen LogP contribution in [-0.2, 0) is 29.1 Å². The van der Waals surface area contributed by atoms with Crippen molar-refractivity contribution in [2.24, 2.45) is 0 Å². The zero-order valence-electron chi connectivity index (χ0n) is 26.8. The van der Waals surface area contributed by atoms with Gasteiger partial charge in [-0.05, 0) is 99.9 Å². The SMILES string of the molecule is Cc1cc(C)c2c(c1)Cc1cc(C)cc(C)c1OP(=O)([O][Al][O]P1(=O)Oc3c(C)cc(C)cc3Cc3cc(C)cc(C)c3O1)O2. The second-order valence-corrected chi connectivity index (χ2v) is 16.6. The van der Waals surface area contributed by atoms with Crippen LogP contribution in [0, 0.1) is 55.4 Å². The average molecular weight is 662 g/mol. The molecular weight excluding hydrogens is 625 g/mol. The summed E-state index contributed by atoms with van der Waals surface area (Å²) in [7, 11) is -8.67. The van der Waals surface area contributed by atoms with Crippen LogP contribution in [0.5, 0.6) is 23.0 Å². The van der Waals surface area contributed by atoms with Crippen molar-refractivity contribution < 1.29 is 34.4 Å². The Kier molecular flexibility index (Phi) is 8.50. The highest BCUT2D eigenvalue weighted by Gasteiger charge is 2.41. The molecule has 0 saturated carbocycles. The third-order valence-electron chi connectivity index (χ3n) is 7.90. The van der Waals surface area contributed by atoms with Crippen LogP contribution in [-0.4, -0.2) is 15.9 Å². The predicted octanol–water partition coefficient (Wildman–Crippen LogP) is 9.36. The number of benzene rings is 4. The number of fused-ring (bicyclic) bond motifs is 4. The number of phosphoric acid groups is 2. The molecule has 0 bridgehead atoms. The predicted molar refractivity (Wildman–Crippen MR) is 175 cm³/mol. The van der Waals surface area contributed by atoms with E-state index < -0.39 is 31.5 Å². The lowest BCUT2D eigenvalue weighted by molar-refractivity contribution is 0.259. The standard InChI is InChI=1S/2C17H19O4P.Al/c2*1-10-5-12(3)16-14(7-10)9-15-8-11(2)6-13(4)17(15)21-22(18,19)20-16;/h2*5-8H,9H2,1-4H3,(H,18,19);/q;;+2/p-2. The fraction of sp³-hybridized carbons (Fsp3) is 0.294. The molecule has 2 aliphatic rings. The van der Waals surface area contributed by atoms with Gasteiger partial charge in [0.05, 0.1) is 0 Å². The van der Waals surface area contributed by atoms with Crippen molar-refractivity contribution in [2.45, 2.75) is 68.2 Å². The highest BCUT2D eigenvalue weighted by Crippen LogP contribution is 2.57. The summed E-state index contributed by atoms with van der Waals surface area (Å²) in [6, 6.07) is 15.9. The molecule has 11 heteroatoms. The van der Waals surface area contributed by atoms with E-state index in [1.54, 1.807) is 0 Å². The molecule has 4 aromatic carbocycles. The van der Waals surface area contributed by atoms with E-state index in [9.17, 15) is 9.13 Å². The van der Waals surface area contributed by atoms with Crippen LogP contribution in [0.25, 0.3) is 0 Å². The molecule has 0 spiro atoms. The van der Waals surface area contributed by atoms with Gasteiger partial charge >= 0.3 is 31.5 Å². The quantitative estimate of drug-likeness (QED) is 0.158. The zero-order chi connectivity index (χ0) is 32.3. The highest BCUT2D eigenvalue weighted by molar-refractivity contribution is 7.52. The van der Waals surface area contributed by atoms with E-state index in [-0.39, 0.29) is 0 Å². The van der Waals surface area contributed by atoms with E-state index >= 15 is 0 Å². The molecule has 0 unspecified atom stereocenters. The van der Waals surface area contributed by atoms with Crippen LogP contribution >= 0.6 is 15.6 Å². The Labute approximate surface area is 271 Å². The van der Waals surface area contributed by atoms with Gasteiger partial charge in [0, 0.05) is 12.8 Å². The summed E-state index contributed by atoms with van der Waals surface area (Å²) in [5.41, 5.74) is 10.9. The van der Waals surface area contributed by atoms with Crippen LogP contribution in [0.4, 0.5) is 0 Å². The van der Waals surface area contributed by atoms with E-state index in [0.717, 1.165) is 66.8 Å². The molecule has 1 radical (unpaired) electrons. The molecule has 0 atom stereocenters. The number of rotatable bonds is 4. The summed E-state index contributed by atoms with van der Waals surface area (Å²) >= 11 is -1.71. The van der Waals surface area contributed by atoms with E-state index in [1.807, 2.05) is 104 Å². The third-order valence-corrected chi connectivity index (χ3v) is 12.3. The van der Waals surface area contributed by atoms with Crippen molar-refractivity contribution in [3.63, 3.8) is 0 Å². The van der Waals surface area contributed by atoms with E-state index in [1.165, 1.54) is 0 Å². The molecule has 2 heterocycles.